The van der Waals surface area contributed by atoms with Crippen LogP contribution in [-0.2, 0) is 22.4 Å². The van der Waals surface area contributed by atoms with Crippen molar-refractivity contribution in [2.75, 3.05) is 0 Å². The lowest BCUT2D eigenvalue weighted by Gasteiger charge is -2.29. The van der Waals surface area contributed by atoms with E-state index in [1.54, 1.807) is 0 Å². The molecule has 5 nitrogen and oxygen atoms in total. The summed E-state index contributed by atoms with van der Waals surface area (Å²) in [5.41, 5.74) is 0.844. The van der Waals surface area contributed by atoms with Crippen molar-refractivity contribution in [3.63, 3.8) is 0 Å². The van der Waals surface area contributed by atoms with E-state index in [9.17, 15) is 14.4 Å². The summed E-state index contributed by atoms with van der Waals surface area (Å²) < 4.78 is 0. The predicted octanol–water partition coefficient (Wildman–Crippen LogP) is 0.138. The van der Waals surface area contributed by atoms with Gasteiger partial charge in [0.2, 0.25) is 11.8 Å². The first-order chi connectivity index (χ1) is 8.12. The van der Waals surface area contributed by atoms with Crippen LogP contribution in [0.4, 0.5) is 4.79 Å². The van der Waals surface area contributed by atoms with Gasteiger partial charge in [-0.2, -0.15) is 0 Å². The molecule has 1 spiro atoms. The van der Waals surface area contributed by atoms with Crippen molar-refractivity contribution in [1.82, 2.24) is 10.6 Å². The Labute approximate surface area is 97.2 Å². The standard InChI is InChI=1S/C12H10N2O3/c15-9-12(10(16)14-11(17)13-9)5-7-3-1-2-4-8(7)6-12/h1-4H,5-6H2,(H2,13,14,15,16,17). The van der Waals surface area contributed by atoms with Crippen LogP contribution in [0.5, 0.6) is 0 Å². The molecule has 2 aliphatic rings. The zero-order valence-electron chi connectivity index (χ0n) is 8.95. The monoisotopic (exact) mass is 230 g/mol. The molecule has 1 saturated heterocycles. The van der Waals surface area contributed by atoms with Crippen LogP contribution in [0.3, 0.4) is 0 Å². The molecule has 86 valence electrons. The molecular weight excluding hydrogens is 220 g/mol. The Hall–Kier alpha value is -2.17. The molecule has 4 amide bonds. The quantitative estimate of drug-likeness (QED) is 0.622. The average molecular weight is 230 g/mol. The summed E-state index contributed by atoms with van der Waals surface area (Å²) in [5, 5.41) is 4.33. The Balaban J connectivity index is 2.03. The third-order valence-electron chi connectivity index (χ3n) is 3.43. The lowest BCUT2D eigenvalue weighted by atomic mass is 9.81. The van der Waals surface area contributed by atoms with E-state index in [1.165, 1.54) is 0 Å². The van der Waals surface area contributed by atoms with Crippen LogP contribution in [0.2, 0.25) is 0 Å². The summed E-state index contributed by atoms with van der Waals surface area (Å²) in [6, 6.07) is 6.83. The van der Waals surface area contributed by atoms with Crippen molar-refractivity contribution < 1.29 is 14.4 Å². The van der Waals surface area contributed by atoms with Gasteiger partial charge >= 0.3 is 6.03 Å². The highest BCUT2D eigenvalue weighted by molar-refractivity contribution is 6.19. The number of amides is 4. The van der Waals surface area contributed by atoms with Gasteiger partial charge in [-0.3, -0.25) is 20.2 Å². The summed E-state index contributed by atoms with van der Waals surface area (Å²) in [7, 11) is 0. The normalized spacial score (nSPS) is 21.1. The fourth-order valence-electron chi connectivity index (χ4n) is 2.52. The number of carbonyl (C=O) groups excluding carboxylic acids is 3. The number of imide groups is 2. The van der Waals surface area contributed by atoms with Crippen molar-refractivity contribution >= 4 is 17.8 Å². The van der Waals surface area contributed by atoms with Gasteiger partial charge in [0, 0.05) is 0 Å². The van der Waals surface area contributed by atoms with Crippen LogP contribution >= 0.6 is 0 Å². The number of nitrogens with one attached hydrogen (secondary N) is 2. The molecule has 0 bridgehead atoms. The minimum absolute atomic E-state index is 0.355. The topological polar surface area (TPSA) is 75.3 Å². The Morgan fingerprint density at radius 1 is 0.882 bits per heavy atom. The second kappa shape index (κ2) is 3.16. The Bertz CT molecular complexity index is 503. The zero-order valence-corrected chi connectivity index (χ0v) is 8.95. The van der Waals surface area contributed by atoms with E-state index in [0.29, 0.717) is 12.8 Å². The number of rotatable bonds is 0. The highest BCUT2D eigenvalue weighted by Crippen LogP contribution is 2.38. The van der Waals surface area contributed by atoms with Crippen molar-refractivity contribution in [1.29, 1.82) is 0 Å². The van der Waals surface area contributed by atoms with Gasteiger partial charge in [-0.25, -0.2) is 4.79 Å². The van der Waals surface area contributed by atoms with Crippen LogP contribution in [-0.4, -0.2) is 17.8 Å². The molecule has 1 aliphatic heterocycles. The third-order valence-corrected chi connectivity index (χ3v) is 3.43. The number of carbonyl (C=O) groups is 3. The van der Waals surface area contributed by atoms with Crippen LogP contribution < -0.4 is 10.6 Å². The second-order valence-corrected chi connectivity index (χ2v) is 4.44. The lowest BCUT2D eigenvalue weighted by Crippen LogP contribution is -2.62. The predicted molar refractivity (Wildman–Crippen MR) is 58.0 cm³/mol. The van der Waals surface area contributed by atoms with Crippen LogP contribution in [0.15, 0.2) is 24.3 Å². The first-order valence-corrected chi connectivity index (χ1v) is 5.35. The van der Waals surface area contributed by atoms with Gasteiger partial charge < -0.3 is 0 Å². The first kappa shape index (κ1) is 10.0. The minimum atomic E-state index is -1.14. The molecule has 1 aromatic carbocycles. The molecule has 2 N–H and O–H groups in total. The lowest BCUT2D eigenvalue weighted by molar-refractivity contribution is -0.143. The minimum Gasteiger partial charge on any atom is -0.277 e. The van der Waals surface area contributed by atoms with Crippen molar-refractivity contribution in [3.8, 4) is 0 Å². The number of barbiturate groups is 1. The van der Waals surface area contributed by atoms with Crippen molar-refractivity contribution in [2.24, 2.45) is 5.41 Å². The van der Waals surface area contributed by atoms with Crippen LogP contribution in [0, 0.1) is 5.41 Å². The summed E-state index contributed by atoms with van der Waals surface area (Å²) in [6.45, 7) is 0. The molecule has 0 aromatic heterocycles. The molecule has 17 heavy (non-hydrogen) atoms. The molecule has 0 saturated carbocycles. The van der Waals surface area contributed by atoms with E-state index in [4.69, 9.17) is 0 Å². The van der Waals surface area contributed by atoms with Gasteiger partial charge in [-0.05, 0) is 24.0 Å². The van der Waals surface area contributed by atoms with Gasteiger partial charge in [0.25, 0.3) is 0 Å². The number of fused-ring (bicyclic) bond motifs is 1. The summed E-state index contributed by atoms with van der Waals surface area (Å²) in [6.07, 6.45) is 0.711. The molecule has 0 radical (unpaired) electrons. The maximum Gasteiger partial charge on any atom is 0.328 e. The fraction of sp³-hybridized carbons (Fsp3) is 0.250. The Morgan fingerprint density at radius 2 is 1.35 bits per heavy atom. The fourth-order valence-corrected chi connectivity index (χ4v) is 2.52. The van der Waals surface area contributed by atoms with Gasteiger partial charge in [0.15, 0.2) is 0 Å². The van der Waals surface area contributed by atoms with E-state index >= 15 is 0 Å². The summed E-state index contributed by atoms with van der Waals surface area (Å²) >= 11 is 0. The number of urea groups is 1. The maximum atomic E-state index is 11.9. The zero-order chi connectivity index (χ0) is 12.0. The smallest absolute Gasteiger partial charge is 0.277 e. The van der Waals surface area contributed by atoms with E-state index < -0.39 is 23.3 Å². The first-order valence-electron chi connectivity index (χ1n) is 5.35. The van der Waals surface area contributed by atoms with Crippen molar-refractivity contribution in [2.45, 2.75) is 12.8 Å². The Morgan fingerprint density at radius 3 is 1.82 bits per heavy atom. The summed E-state index contributed by atoms with van der Waals surface area (Å²) in [4.78, 5) is 34.9. The number of hydrogen-bond donors (Lipinski definition) is 2. The number of hydrogen-bond acceptors (Lipinski definition) is 3. The highest BCUT2D eigenvalue weighted by Gasteiger charge is 2.53. The van der Waals surface area contributed by atoms with Gasteiger partial charge in [-0.1, -0.05) is 24.3 Å². The largest absolute Gasteiger partial charge is 0.328 e. The van der Waals surface area contributed by atoms with Crippen molar-refractivity contribution in [3.05, 3.63) is 35.4 Å². The molecule has 5 heteroatoms. The third kappa shape index (κ3) is 1.28. The molecule has 1 aromatic rings. The molecule has 1 fully saturated rings. The van der Waals surface area contributed by atoms with E-state index in [2.05, 4.69) is 10.6 Å². The van der Waals surface area contributed by atoms with Crippen LogP contribution in [0.25, 0.3) is 0 Å². The molecule has 0 unspecified atom stereocenters. The molecule has 1 aliphatic carbocycles. The van der Waals surface area contributed by atoms with E-state index in [0.717, 1.165) is 11.1 Å². The molecule has 3 rings (SSSR count). The molecular formula is C12H10N2O3. The summed E-state index contributed by atoms with van der Waals surface area (Å²) in [5.74, 6) is -0.995. The second-order valence-electron chi connectivity index (χ2n) is 4.44. The Kier molecular flexibility index (Phi) is 1.86. The van der Waals surface area contributed by atoms with E-state index in [1.807, 2.05) is 24.3 Å². The highest BCUT2D eigenvalue weighted by atomic mass is 16.2. The maximum absolute atomic E-state index is 11.9. The van der Waals surface area contributed by atoms with E-state index in [-0.39, 0.29) is 0 Å². The average Bonchev–Trinajstić information content (AvgIpc) is 2.67. The molecule has 1 heterocycles. The van der Waals surface area contributed by atoms with Crippen LogP contribution in [0.1, 0.15) is 11.1 Å². The van der Waals surface area contributed by atoms with Gasteiger partial charge in [0.05, 0.1) is 0 Å². The van der Waals surface area contributed by atoms with Gasteiger partial charge in [0.1, 0.15) is 5.41 Å². The van der Waals surface area contributed by atoms with Gasteiger partial charge in [-0.15, -0.1) is 0 Å². The SMILES string of the molecule is O=C1NC(=O)C2(Cc3ccccc3C2)C(=O)N1. The molecule has 0 atom stereocenters. The number of benzene rings is 1.